The molecule has 3 heterocycles. The van der Waals surface area contributed by atoms with Crippen LogP contribution in [0.4, 0.5) is 5.82 Å². The zero-order chi connectivity index (χ0) is 20.1. The average Bonchev–Trinajstić information content (AvgIpc) is 3.42. The second kappa shape index (κ2) is 9.71. The third-order valence-electron chi connectivity index (χ3n) is 6.51. The van der Waals surface area contributed by atoms with Gasteiger partial charge in [0.1, 0.15) is 5.82 Å². The first-order valence-corrected chi connectivity index (χ1v) is 11.2. The van der Waals surface area contributed by atoms with Crippen molar-refractivity contribution in [3.05, 3.63) is 12.3 Å². The molecule has 2 saturated heterocycles. The van der Waals surface area contributed by atoms with Crippen molar-refractivity contribution in [3.8, 4) is 0 Å². The standard InChI is InChI=1S/C21H34N6O2/c28-20(23-19-8-9-22-27(19)18-6-2-3-7-18)16-24-12-14-25(15-13-24)17-21(29)26-10-4-1-5-11-26/h8-9,18H,1-7,10-17H2,(H,23,28). The maximum Gasteiger partial charge on any atom is 0.239 e. The summed E-state index contributed by atoms with van der Waals surface area (Å²) in [7, 11) is 0. The monoisotopic (exact) mass is 402 g/mol. The predicted octanol–water partition coefficient (Wildman–Crippen LogP) is 1.57. The van der Waals surface area contributed by atoms with Crippen molar-refractivity contribution in [2.75, 3.05) is 57.7 Å². The highest BCUT2D eigenvalue weighted by molar-refractivity contribution is 5.91. The molecular formula is C21H34N6O2. The molecule has 0 radical (unpaired) electrons. The zero-order valence-corrected chi connectivity index (χ0v) is 17.4. The molecule has 0 bridgehead atoms. The first kappa shape index (κ1) is 20.3. The minimum atomic E-state index is 0.0163. The third kappa shape index (κ3) is 5.36. The maximum atomic E-state index is 12.5. The Hall–Kier alpha value is -1.93. The van der Waals surface area contributed by atoms with E-state index in [-0.39, 0.29) is 11.8 Å². The van der Waals surface area contributed by atoms with Crippen LogP contribution in [0.2, 0.25) is 0 Å². The van der Waals surface area contributed by atoms with Crippen LogP contribution in [0, 0.1) is 0 Å². The number of amides is 2. The van der Waals surface area contributed by atoms with Crippen molar-refractivity contribution in [1.29, 1.82) is 0 Å². The minimum Gasteiger partial charge on any atom is -0.342 e. The third-order valence-corrected chi connectivity index (χ3v) is 6.51. The molecule has 2 amide bonds. The molecule has 2 aliphatic heterocycles. The smallest absolute Gasteiger partial charge is 0.239 e. The van der Waals surface area contributed by atoms with Crippen molar-refractivity contribution in [2.24, 2.45) is 0 Å². The fourth-order valence-electron chi connectivity index (χ4n) is 4.78. The van der Waals surface area contributed by atoms with Crippen LogP contribution < -0.4 is 5.32 Å². The van der Waals surface area contributed by atoms with Crippen LogP contribution in [0.5, 0.6) is 0 Å². The summed E-state index contributed by atoms with van der Waals surface area (Å²) in [5, 5.41) is 7.47. The van der Waals surface area contributed by atoms with Gasteiger partial charge in [0.2, 0.25) is 11.8 Å². The van der Waals surface area contributed by atoms with Crippen LogP contribution in [-0.4, -0.2) is 88.7 Å². The Bertz CT molecular complexity index is 685. The van der Waals surface area contributed by atoms with Crippen LogP contribution in [0.25, 0.3) is 0 Å². The van der Waals surface area contributed by atoms with Crippen molar-refractivity contribution >= 4 is 17.6 Å². The molecule has 0 atom stereocenters. The number of nitrogens with zero attached hydrogens (tertiary/aromatic N) is 5. The Kier molecular flexibility index (Phi) is 6.82. The number of carbonyl (C=O) groups excluding carboxylic acids is 2. The number of piperidine rings is 1. The van der Waals surface area contributed by atoms with Gasteiger partial charge in [0.25, 0.3) is 0 Å². The van der Waals surface area contributed by atoms with Crippen LogP contribution >= 0.6 is 0 Å². The summed E-state index contributed by atoms with van der Waals surface area (Å²) >= 11 is 0. The number of nitrogens with one attached hydrogen (secondary N) is 1. The van der Waals surface area contributed by atoms with E-state index in [1.54, 1.807) is 6.20 Å². The number of anilines is 1. The van der Waals surface area contributed by atoms with Crippen LogP contribution in [0.15, 0.2) is 12.3 Å². The van der Waals surface area contributed by atoms with Crippen LogP contribution in [0.1, 0.15) is 51.0 Å². The summed E-state index contributed by atoms with van der Waals surface area (Å²) in [4.78, 5) is 31.4. The number of rotatable bonds is 6. The first-order valence-electron chi connectivity index (χ1n) is 11.2. The van der Waals surface area contributed by atoms with Crippen LogP contribution in [-0.2, 0) is 9.59 Å². The van der Waals surface area contributed by atoms with Gasteiger partial charge in [-0.25, -0.2) is 4.68 Å². The summed E-state index contributed by atoms with van der Waals surface area (Å²) in [6.07, 6.45) is 10.0. The van der Waals surface area contributed by atoms with Gasteiger partial charge >= 0.3 is 0 Å². The minimum absolute atomic E-state index is 0.0163. The molecule has 4 rings (SSSR count). The van der Waals surface area contributed by atoms with E-state index in [1.165, 1.54) is 19.3 Å². The molecule has 0 aromatic carbocycles. The Labute approximate surface area is 173 Å². The molecule has 3 fully saturated rings. The van der Waals surface area contributed by atoms with Gasteiger partial charge in [-0.2, -0.15) is 5.10 Å². The number of carbonyl (C=O) groups is 2. The average molecular weight is 403 g/mol. The van der Waals surface area contributed by atoms with Gasteiger partial charge in [-0.1, -0.05) is 12.8 Å². The van der Waals surface area contributed by atoms with E-state index in [0.717, 1.165) is 70.8 Å². The summed E-state index contributed by atoms with van der Waals surface area (Å²) in [6.45, 7) is 6.06. The summed E-state index contributed by atoms with van der Waals surface area (Å²) in [5.41, 5.74) is 0. The molecule has 0 unspecified atom stereocenters. The Morgan fingerprint density at radius 3 is 2.24 bits per heavy atom. The molecule has 1 N–H and O–H groups in total. The number of piperazine rings is 1. The van der Waals surface area contributed by atoms with Gasteiger partial charge in [-0.15, -0.1) is 0 Å². The molecule has 1 aliphatic carbocycles. The summed E-state index contributed by atoms with van der Waals surface area (Å²) in [6, 6.07) is 2.31. The predicted molar refractivity (Wildman–Crippen MR) is 112 cm³/mol. The van der Waals surface area contributed by atoms with Crippen molar-refractivity contribution < 1.29 is 9.59 Å². The van der Waals surface area contributed by atoms with E-state index in [4.69, 9.17) is 0 Å². The molecule has 0 spiro atoms. The number of hydrogen-bond donors (Lipinski definition) is 1. The Morgan fingerprint density at radius 1 is 0.897 bits per heavy atom. The van der Waals surface area contributed by atoms with Gasteiger partial charge in [0.15, 0.2) is 0 Å². The second-order valence-electron chi connectivity index (χ2n) is 8.64. The fourth-order valence-corrected chi connectivity index (χ4v) is 4.78. The molecule has 8 heteroatoms. The van der Waals surface area contributed by atoms with E-state index in [1.807, 2.05) is 15.6 Å². The van der Waals surface area contributed by atoms with Gasteiger partial charge in [0, 0.05) is 45.3 Å². The summed E-state index contributed by atoms with van der Waals surface area (Å²) in [5.74, 6) is 1.09. The van der Waals surface area contributed by atoms with Crippen LogP contribution in [0.3, 0.4) is 0 Å². The molecule has 8 nitrogen and oxygen atoms in total. The van der Waals surface area contributed by atoms with E-state index < -0.39 is 0 Å². The Balaban J connectivity index is 1.19. The lowest BCUT2D eigenvalue weighted by Crippen LogP contribution is -2.51. The largest absolute Gasteiger partial charge is 0.342 e. The number of likely N-dealkylation sites (tertiary alicyclic amines) is 1. The number of hydrogen-bond acceptors (Lipinski definition) is 5. The van der Waals surface area contributed by atoms with Crippen molar-refractivity contribution in [3.63, 3.8) is 0 Å². The molecule has 1 saturated carbocycles. The van der Waals surface area contributed by atoms with Gasteiger partial charge in [-0.05, 0) is 32.1 Å². The van der Waals surface area contributed by atoms with Gasteiger partial charge in [0.05, 0.1) is 25.3 Å². The van der Waals surface area contributed by atoms with Gasteiger partial charge in [-0.3, -0.25) is 19.4 Å². The molecular weight excluding hydrogens is 368 g/mol. The molecule has 160 valence electrons. The highest BCUT2D eigenvalue weighted by Gasteiger charge is 2.24. The first-order chi connectivity index (χ1) is 14.2. The zero-order valence-electron chi connectivity index (χ0n) is 17.4. The van der Waals surface area contributed by atoms with E-state index in [2.05, 4.69) is 20.2 Å². The lowest BCUT2D eigenvalue weighted by Gasteiger charge is -2.35. The lowest BCUT2D eigenvalue weighted by atomic mass is 10.1. The fraction of sp³-hybridized carbons (Fsp3) is 0.762. The van der Waals surface area contributed by atoms with Gasteiger partial charge < -0.3 is 10.2 Å². The number of aromatic nitrogens is 2. The summed E-state index contributed by atoms with van der Waals surface area (Å²) < 4.78 is 1.98. The highest BCUT2D eigenvalue weighted by atomic mass is 16.2. The quantitative estimate of drug-likeness (QED) is 0.782. The van der Waals surface area contributed by atoms with E-state index in [0.29, 0.717) is 19.1 Å². The van der Waals surface area contributed by atoms with E-state index >= 15 is 0 Å². The topological polar surface area (TPSA) is 73.7 Å². The highest BCUT2D eigenvalue weighted by Crippen LogP contribution is 2.31. The SMILES string of the molecule is O=C(CN1CCN(CC(=O)N2CCCCC2)CC1)Nc1ccnn1C1CCCC1. The Morgan fingerprint density at radius 2 is 1.55 bits per heavy atom. The lowest BCUT2D eigenvalue weighted by molar-refractivity contribution is -0.134. The maximum absolute atomic E-state index is 12.5. The second-order valence-corrected chi connectivity index (χ2v) is 8.64. The normalized spacial score (nSPS) is 22.1. The molecule has 1 aromatic rings. The van der Waals surface area contributed by atoms with Crippen molar-refractivity contribution in [1.82, 2.24) is 24.5 Å². The van der Waals surface area contributed by atoms with E-state index in [9.17, 15) is 9.59 Å². The van der Waals surface area contributed by atoms with Crippen molar-refractivity contribution in [2.45, 2.75) is 51.0 Å². The molecule has 3 aliphatic rings. The molecule has 1 aromatic heterocycles. The molecule has 29 heavy (non-hydrogen) atoms.